The number of nitrogen functional groups attached to an aromatic ring is 1. The van der Waals surface area contributed by atoms with Crippen molar-refractivity contribution in [3.63, 3.8) is 0 Å². The zero-order valence-corrected chi connectivity index (χ0v) is 11.5. The molecule has 0 aliphatic heterocycles. The molecule has 1 aliphatic carbocycles. The summed E-state index contributed by atoms with van der Waals surface area (Å²) in [5.41, 5.74) is 7.55. The fourth-order valence-electron chi connectivity index (χ4n) is 2.29. The Morgan fingerprint density at radius 3 is 2.39 bits per heavy atom. The SMILES string of the molecule is Cc1c(NC2(C)CCC2)cc(N)cc1S(N)(=O)=O. The van der Waals surface area contributed by atoms with Crippen molar-refractivity contribution in [2.24, 2.45) is 5.14 Å². The molecule has 6 heteroatoms. The van der Waals surface area contributed by atoms with E-state index in [1.807, 2.05) is 0 Å². The van der Waals surface area contributed by atoms with E-state index in [2.05, 4.69) is 12.2 Å². The number of benzene rings is 1. The smallest absolute Gasteiger partial charge is 0.238 e. The first-order valence-electron chi connectivity index (χ1n) is 5.92. The number of nitrogens with two attached hydrogens (primary N) is 2. The number of nitrogens with one attached hydrogen (secondary N) is 1. The Morgan fingerprint density at radius 1 is 1.33 bits per heavy atom. The van der Waals surface area contributed by atoms with Gasteiger partial charge in [-0.3, -0.25) is 0 Å². The lowest BCUT2D eigenvalue weighted by Crippen LogP contribution is -2.41. The minimum absolute atomic E-state index is 0.0359. The fourth-order valence-corrected chi connectivity index (χ4v) is 3.13. The Labute approximate surface area is 108 Å². The molecule has 18 heavy (non-hydrogen) atoms. The van der Waals surface area contributed by atoms with Crippen molar-refractivity contribution in [2.45, 2.75) is 43.5 Å². The summed E-state index contributed by atoms with van der Waals surface area (Å²) >= 11 is 0. The van der Waals surface area contributed by atoms with E-state index in [-0.39, 0.29) is 10.4 Å². The Hall–Kier alpha value is -1.27. The highest BCUT2D eigenvalue weighted by Crippen LogP contribution is 2.37. The zero-order chi connectivity index (χ0) is 13.6. The van der Waals surface area contributed by atoms with Crippen molar-refractivity contribution in [3.05, 3.63) is 17.7 Å². The first kappa shape index (κ1) is 13.2. The van der Waals surface area contributed by atoms with Gasteiger partial charge in [-0.1, -0.05) is 0 Å². The molecule has 2 rings (SSSR count). The summed E-state index contributed by atoms with van der Waals surface area (Å²) < 4.78 is 23.0. The van der Waals surface area contributed by atoms with Crippen molar-refractivity contribution in [3.8, 4) is 0 Å². The van der Waals surface area contributed by atoms with Gasteiger partial charge in [0.25, 0.3) is 0 Å². The van der Waals surface area contributed by atoms with Gasteiger partial charge < -0.3 is 11.1 Å². The van der Waals surface area contributed by atoms with Gasteiger partial charge in [-0.05, 0) is 50.8 Å². The molecule has 0 unspecified atom stereocenters. The quantitative estimate of drug-likeness (QED) is 0.725. The normalized spacial score (nSPS) is 18.2. The summed E-state index contributed by atoms with van der Waals surface area (Å²) in [6, 6.07) is 3.16. The number of primary sulfonamides is 1. The molecule has 0 atom stereocenters. The third-order valence-electron chi connectivity index (χ3n) is 3.58. The Kier molecular flexibility index (Phi) is 3.03. The highest BCUT2D eigenvalue weighted by molar-refractivity contribution is 7.89. The molecule has 0 saturated heterocycles. The van der Waals surface area contributed by atoms with Crippen LogP contribution in [0.25, 0.3) is 0 Å². The lowest BCUT2D eigenvalue weighted by atomic mass is 9.78. The van der Waals surface area contributed by atoms with Gasteiger partial charge >= 0.3 is 0 Å². The Balaban J connectivity index is 2.45. The van der Waals surface area contributed by atoms with Crippen LogP contribution >= 0.6 is 0 Å². The van der Waals surface area contributed by atoms with Crippen molar-refractivity contribution < 1.29 is 8.42 Å². The second-order valence-corrected chi connectivity index (χ2v) is 6.81. The van der Waals surface area contributed by atoms with Crippen molar-refractivity contribution in [2.75, 3.05) is 11.1 Å². The van der Waals surface area contributed by atoms with Gasteiger partial charge in [0.2, 0.25) is 10.0 Å². The summed E-state index contributed by atoms with van der Waals surface area (Å²) in [4.78, 5) is 0.0907. The first-order chi connectivity index (χ1) is 8.21. The van der Waals surface area contributed by atoms with Gasteiger partial charge in [-0.25, -0.2) is 13.6 Å². The van der Waals surface area contributed by atoms with Crippen LogP contribution in [0.5, 0.6) is 0 Å². The number of rotatable bonds is 3. The van der Waals surface area contributed by atoms with E-state index in [1.54, 1.807) is 13.0 Å². The van der Waals surface area contributed by atoms with Crippen LogP contribution in [-0.4, -0.2) is 14.0 Å². The summed E-state index contributed by atoms with van der Waals surface area (Å²) in [5.74, 6) is 0. The van der Waals surface area contributed by atoms with E-state index in [9.17, 15) is 8.42 Å². The lowest BCUT2D eigenvalue weighted by Gasteiger charge is -2.40. The number of hydrogen-bond acceptors (Lipinski definition) is 4. The van der Waals surface area contributed by atoms with Gasteiger partial charge in [0, 0.05) is 16.9 Å². The monoisotopic (exact) mass is 269 g/mol. The van der Waals surface area contributed by atoms with E-state index < -0.39 is 10.0 Å². The molecular weight excluding hydrogens is 250 g/mol. The third-order valence-corrected chi connectivity index (χ3v) is 4.62. The van der Waals surface area contributed by atoms with Crippen molar-refractivity contribution in [1.82, 2.24) is 0 Å². The average Bonchev–Trinajstić information content (AvgIpc) is 2.19. The standard InChI is InChI=1S/C12H19N3O2S/c1-8-10(15-12(2)4-3-5-12)6-9(13)7-11(8)18(14,16)17/h6-7,15H,3-5,13H2,1-2H3,(H2,14,16,17). The summed E-state index contributed by atoms with van der Waals surface area (Å²) in [5, 5.41) is 8.57. The van der Waals surface area contributed by atoms with Gasteiger partial charge in [-0.2, -0.15) is 0 Å². The average molecular weight is 269 g/mol. The van der Waals surface area contributed by atoms with Gasteiger partial charge in [0.05, 0.1) is 4.90 Å². The molecule has 0 bridgehead atoms. The maximum atomic E-state index is 11.5. The molecule has 1 aromatic rings. The van der Waals surface area contributed by atoms with Crippen LogP contribution in [0, 0.1) is 6.92 Å². The number of anilines is 2. The largest absolute Gasteiger partial charge is 0.399 e. The highest BCUT2D eigenvalue weighted by Gasteiger charge is 2.32. The van der Waals surface area contributed by atoms with Gasteiger partial charge in [0.15, 0.2) is 0 Å². The predicted octanol–water partition coefficient (Wildman–Crippen LogP) is 1.58. The molecule has 0 heterocycles. The Morgan fingerprint density at radius 2 is 1.94 bits per heavy atom. The molecule has 1 saturated carbocycles. The topological polar surface area (TPSA) is 98.2 Å². The second-order valence-electron chi connectivity index (χ2n) is 5.28. The molecular formula is C12H19N3O2S. The fraction of sp³-hybridized carbons (Fsp3) is 0.500. The molecule has 0 amide bonds. The minimum atomic E-state index is -3.74. The van der Waals surface area contributed by atoms with Crippen LogP contribution in [0.15, 0.2) is 17.0 Å². The molecule has 1 fully saturated rings. The van der Waals surface area contributed by atoms with Crippen LogP contribution < -0.4 is 16.2 Å². The van der Waals surface area contributed by atoms with Crippen LogP contribution in [0.3, 0.4) is 0 Å². The summed E-state index contributed by atoms with van der Waals surface area (Å²) in [6.07, 6.45) is 3.34. The highest BCUT2D eigenvalue weighted by atomic mass is 32.2. The van der Waals surface area contributed by atoms with Crippen molar-refractivity contribution in [1.29, 1.82) is 0 Å². The van der Waals surface area contributed by atoms with Crippen LogP contribution in [0.4, 0.5) is 11.4 Å². The van der Waals surface area contributed by atoms with E-state index in [1.165, 1.54) is 12.5 Å². The third kappa shape index (κ3) is 2.44. The Bertz CT molecular complexity index is 577. The van der Waals surface area contributed by atoms with Gasteiger partial charge in [-0.15, -0.1) is 0 Å². The molecule has 100 valence electrons. The number of sulfonamides is 1. The first-order valence-corrected chi connectivity index (χ1v) is 7.47. The molecule has 1 aliphatic rings. The van der Waals surface area contributed by atoms with E-state index >= 15 is 0 Å². The zero-order valence-electron chi connectivity index (χ0n) is 10.7. The second kappa shape index (κ2) is 4.13. The molecule has 1 aromatic carbocycles. The summed E-state index contributed by atoms with van der Waals surface area (Å²) in [6.45, 7) is 3.86. The summed E-state index contributed by atoms with van der Waals surface area (Å²) in [7, 11) is -3.74. The predicted molar refractivity (Wildman–Crippen MR) is 72.8 cm³/mol. The van der Waals surface area contributed by atoms with E-state index in [0.717, 1.165) is 18.5 Å². The van der Waals surface area contributed by atoms with E-state index in [0.29, 0.717) is 11.3 Å². The molecule has 5 nitrogen and oxygen atoms in total. The lowest BCUT2D eigenvalue weighted by molar-refractivity contribution is 0.306. The minimum Gasteiger partial charge on any atom is -0.399 e. The van der Waals surface area contributed by atoms with E-state index in [4.69, 9.17) is 10.9 Å². The molecule has 0 spiro atoms. The maximum Gasteiger partial charge on any atom is 0.238 e. The van der Waals surface area contributed by atoms with Crippen LogP contribution in [-0.2, 0) is 10.0 Å². The molecule has 0 radical (unpaired) electrons. The molecule has 0 aromatic heterocycles. The van der Waals surface area contributed by atoms with Crippen LogP contribution in [0.2, 0.25) is 0 Å². The van der Waals surface area contributed by atoms with Crippen molar-refractivity contribution >= 4 is 21.4 Å². The molecule has 5 N–H and O–H groups in total. The maximum absolute atomic E-state index is 11.5. The number of hydrogen-bond donors (Lipinski definition) is 3. The van der Waals surface area contributed by atoms with Crippen LogP contribution in [0.1, 0.15) is 31.7 Å². The van der Waals surface area contributed by atoms with Gasteiger partial charge in [0.1, 0.15) is 0 Å².